The molecule has 1 aromatic rings. The van der Waals surface area contributed by atoms with Gasteiger partial charge >= 0.3 is 5.97 Å². The number of aryl methyl sites for hydroxylation is 1. The molecule has 0 radical (unpaired) electrons. The third kappa shape index (κ3) is 2.61. The molecule has 3 heteroatoms. The summed E-state index contributed by atoms with van der Waals surface area (Å²) in [5.74, 6) is -1.09. The van der Waals surface area contributed by atoms with Crippen molar-refractivity contribution in [3.05, 3.63) is 35.4 Å². The maximum Gasteiger partial charge on any atom is 0.311 e. The van der Waals surface area contributed by atoms with Gasteiger partial charge in [0.25, 0.3) is 0 Å². The van der Waals surface area contributed by atoms with Crippen LogP contribution in [-0.2, 0) is 26.6 Å². The Morgan fingerprint density at radius 3 is 1.81 bits per heavy atom. The van der Waals surface area contributed by atoms with Crippen LogP contribution >= 0.6 is 0 Å². The molecule has 0 aliphatic heterocycles. The van der Waals surface area contributed by atoms with E-state index in [0.29, 0.717) is 0 Å². The highest BCUT2D eigenvalue weighted by molar-refractivity contribution is 5.25. The average Bonchev–Trinajstić information content (AvgIpc) is 2.34. The topological polar surface area (TPSA) is 27.7 Å². The van der Waals surface area contributed by atoms with Gasteiger partial charge in [0.1, 0.15) is 0 Å². The van der Waals surface area contributed by atoms with Crippen molar-refractivity contribution in [2.45, 2.75) is 25.7 Å². The molecule has 90 valence electrons. The molecule has 0 heterocycles. The summed E-state index contributed by atoms with van der Waals surface area (Å²) >= 11 is 0. The summed E-state index contributed by atoms with van der Waals surface area (Å²) in [6.07, 6.45) is 2.23. The molecule has 0 amide bonds. The molecule has 1 aromatic carbocycles. The Morgan fingerprint density at radius 2 is 1.44 bits per heavy atom. The number of hydrogen-bond donors (Lipinski definition) is 0. The second kappa shape index (κ2) is 5.99. The first-order valence-corrected chi connectivity index (χ1v) is 5.47. The van der Waals surface area contributed by atoms with Gasteiger partial charge < -0.3 is 14.2 Å². The Balaban J connectivity index is 2.94. The van der Waals surface area contributed by atoms with Gasteiger partial charge in [0.05, 0.1) is 0 Å². The maximum absolute atomic E-state index is 5.28. The summed E-state index contributed by atoms with van der Waals surface area (Å²) in [4.78, 5) is 0. The maximum atomic E-state index is 5.28. The van der Waals surface area contributed by atoms with Gasteiger partial charge in [-0.1, -0.05) is 37.6 Å². The highest BCUT2D eigenvalue weighted by Crippen LogP contribution is 2.27. The minimum atomic E-state index is -1.09. The number of ether oxygens (including phenoxy) is 3. The third-order valence-electron chi connectivity index (χ3n) is 2.65. The largest absolute Gasteiger partial charge is 0.327 e. The molecule has 16 heavy (non-hydrogen) atoms. The standard InChI is InChI=1S/C13H20O3/c1-5-6-11-7-9-12(10-8-11)13(14-2,15-3)16-4/h7-10H,5-6H2,1-4H3. The van der Waals surface area contributed by atoms with E-state index in [2.05, 4.69) is 19.1 Å². The number of hydrogen-bond acceptors (Lipinski definition) is 3. The van der Waals surface area contributed by atoms with E-state index in [4.69, 9.17) is 14.2 Å². The summed E-state index contributed by atoms with van der Waals surface area (Å²) in [6.45, 7) is 2.16. The fourth-order valence-corrected chi connectivity index (χ4v) is 1.77. The van der Waals surface area contributed by atoms with Crippen LogP contribution in [0.2, 0.25) is 0 Å². The van der Waals surface area contributed by atoms with E-state index in [9.17, 15) is 0 Å². The van der Waals surface area contributed by atoms with Crippen molar-refractivity contribution in [2.75, 3.05) is 21.3 Å². The first-order chi connectivity index (χ1) is 7.72. The molecular weight excluding hydrogens is 204 g/mol. The Bertz CT molecular complexity index is 293. The minimum absolute atomic E-state index is 0.861. The van der Waals surface area contributed by atoms with Crippen LogP contribution in [0.15, 0.2) is 24.3 Å². The van der Waals surface area contributed by atoms with Crippen LogP contribution in [0.5, 0.6) is 0 Å². The Morgan fingerprint density at radius 1 is 0.938 bits per heavy atom. The van der Waals surface area contributed by atoms with Gasteiger partial charge in [-0.05, 0) is 12.0 Å². The van der Waals surface area contributed by atoms with Crippen molar-refractivity contribution in [3.63, 3.8) is 0 Å². The molecule has 3 nitrogen and oxygen atoms in total. The summed E-state index contributed by atoms with van der Waals surface area (Å²) in [7, 11) is 4.69. The molecule has 0 saturated carbocycles. The predicted octanol–water partition coefficient (Wildman–Crippen LogP) is 2.69. The average molecular weight is 224 g/mol. The fraction of sp³-hybridized carbons (Fsp3) is 0.538. The van der Waals surface area contributed by atoms with E-state index in [1.807, 2.05) is 12.1 Å². The van der Waals surface area contributed by atoms with Crippen molar-refractivity contribution in [1.82, 2.24) is 0 Å². The van der Waals surface area contributed by atoms with E-state index in [0.717, 1.165) is 18.4 Å². The zero-order valence-corrected chi connectivity index (χ0v) is 10.4. The van der Waals surface area contributed by atoms with E-state index in [-0.39, 0.29) is 0 Å². The van der Waals surface area contributed by atoms with Crippen LogP contribution in [0.25, 0.3) is 0 Å². The number of rotatable bonds is 6. The molecule has 0 spiro atoms. The van der Waals surface area contributed by atoms with Crippen molar-refractivity contribution in [2.24, 2.45) is 0 Å². The van der Waals surface area contributed by atoms with Crippen LogP contribution < -0.4 is 0 Å². The lowest BCUT2D eigenvalue weighted by Gasteiger charge is -2.28. The second-order valence-corrected chi connectivity index (χ2v) is 3.62. The molecule has 0 aliphatic rings. The van der Waals surface area contributed by atoms with E-state index >= 15 is 0 Å². The lowest BCUT2D eigenvalue weighted by Crippen LogP contribution is -2.32. The van der Waals surface area contributed by atoms with Gasteiger partial charge in [-0.3, -0.25) is 0 Å². The molecule has 0 fully saturated rings. The molecule has 0 saturated heterocycles. The predicted molar refractivity (Wildman–Crippen MR) is 63.1 cm³/mol. The highest BCUT2D eigenvalue weighted by atomic mass is 16.9. The minimum Gasteiger partial charge on any atom is -0.327 e. The number of benzene rings is 1. The van der Waals surface area contributed by atoms with Crippen molar-refractivity contribution < 1.29 is 14.2 Å². The Hall–Kier alpha value is -0.900. The van der Waals surface area contributed by atoms with Crippen LogP contribution in [0, 0.1) is 0 Å². The third-order valence-corrected chi connectivity index (χ3v) is 2.65. The lowest BCUT2D eigenvalue weighted by molar-refractivity contribution is -0.364. The smallest absolute Gasteiger partial charge is 0.311 e. The van der Waals surface area contributed by atoms with Gasteiger partial charge in [-0.2, -0.15) is 0 Å². The van der Waals surface area contributed by atoms with Gasteiger partial charge in [-0.15, -0.1) is 0 Å². The molecule has 0 aromatic heterocycles. The quantitative estimate of drug-likeness (QED) is 0.695. The van der Waals surface area contributed by atoms with Gasteiger partial charge in [-0.25, -0.2) is 0 Å². The first kappa shape index (κ1) is 13.2. The summed E-state index contributed by atoms with van der Waals surface area (Å²) in [5.41, 5.74) is 2.17. The van der Waals surface area contributed by atoms with Crippen LogP contribution in [0.1, 0.15) is 24.5 Å². The van der Waals surface area contributed by atoms with Crippen molar-refractivity contribution in [3.8, 4) is 0 Å². The van der Waals surface area contributed by atoms with Gasteiger partial charge in [0.2, 0.25) is 0 Å². The van der Waals surface area contributed by atoms with Crippen LogP contribution in [-0.4, -0.2) is 21.3 Å². The van der Waals surface area contributed by atoms with Crippen LogP contribution in [0.4, 0.5) is 0 Å². The molecule has 0 atom stereocenters. The number of methoxy groups -OCH3 is 3. The molecule has 0 bridgehead atoms. The lowest BCUT2D eigenvalue weighted by atomic mass is 10.1. The summed E-state index contributed by atoms with van der Waals surface area (Å²) in [5, 5.41) is 0. The fourth-order valence-electron chi connectivity index (χ4n) is 1.77. The highest BCUT2D eigenvalue weighted by Gasteiger charge is 2.31. The van der Waals surface area contributed by atoms with E-state index in [1.165, 1.54) is 5.56 Å². The summed E-state index contributed by atoms with van der Waals surface area (Å²) in [6, 6.07) is 8.10. The normalized spacial score (nSPS) is 11.8. The first-order valence-electron chi connectivity index (χ1n) is 5.47. The molecule has 0 N–H and O–H groups in total. The van der Waals surface area contributed by atoms with Gasteiger partial charge in [0, 0.05) is 26.9 Å². The van der Waals surface area contributed by atoms with E-state index < -0.39 is 5.97 Å². The SMILES string of the molecule is CCCc1ccc(C(OC)(OC)OC)cc1. The van der Waals surface area contributed by atoms with Crippen LogP contribution in [0.3, 0.4) is 0 Å². The van der Waals surface area contributed by atoms with Crippen molar-refractivity contribution >= 4 is 0 Å². The molecule has 1 rings (SSSR count). The second-order valence-electron chi connectivity index (χ2n) is 3.62. The Kier molecular flexibility index (Phi) is 4.93. The molecule has 0 unspecified atom stereocenters. The van der Waals surface area contributed by atoms with E-state index in [1.54, 1.807) is 21.3 Å². The zero-order valence-electron chi connectivity index (χ0n) is 10.4. The molecular formula is C13H20O3. The molecule has 0 aliphatic carbocycles. The monoisotopic (exact) mass is 224 g/mol. The zero-order chi connectivity index (χ0) is 12.0. The Labute approximate surface area is 97.3 Å². The summed E-state index contributed by atoms with van der Waals surface area (Å²) < 4.78 is 15.8. The van der Waals surface area contributed by atoms with Gasteiger partial charge in [0.15, 0.2) is 0 Å². The van der Waals surface area contributed by atoms with Crippen molar-refractivity contribution in [1.29, 1.82) is 0 Å².